The van der Waals surface area contributed by atoms with Crippen molar-refractivity contribution in [2.45, 2.75) is 31.6 Å². The molecular formula is C27H23ClN2O2. The van der Waals surface area contributed by atoms with Crippen LogP contribution in [0.4, 0.5) is 5.69 Å². The summed E-state index contributed by atoms with van der Waals surface area (Å²) in [6, 6.07) is 26.8. The maximum atomic E-state index is 14.3. The second-order valence-corrected chi connectivity index (χ2v) is 8.90. The van der Waals surface area contributed by atoms with E-state index >= 15 is 0 Å². The zero-order valence-electron chi connectivity index (χ0n) is 17.7. The van der Waals surface area contributed by atoms with E-state index < -0.39 is 11.3 Å². The van der Waals surface area contributed by atoms with Crippen LogP contribution in [0.2, 0.25) is 5.02 Å². The molecule has 0 bridgehead atoms. The Kier molecular flexibility index (Phi) is 5.18. The summed E-state index contributed by atoms with van der Waals surface area (Å²) in [6.07, 6.45) is 0.556. The number of hydrogen-bond acceptors (Lipinski definition) is 3. The molecule has 1 aliphatic carbocycles. The molecule has 2 aliphatic rings. The third kappa shape index (κ3) is 3.09. The number of carbonyl (C=O) groups excluding carboxylic acids is 2. The van der Waals surface area contributed by atoms with Crippen molar-refractivity contribution in [2.75, 3.05) is 5.01 Å². The summed E-state index contributed by atoms with van der Waals surface area (Å²) in [5.41, 5.74) is 2.24. The Morgan fingerprint density at radius 1 is 0.844 bits per heavy atom. The Morgan fingerprint density at radius 3 is 2.12 bits per heavy atom. The van der Waals surface area contributed by atoms with Gasteiger partial charge in [0, 0.05) is 29.7 Å². The van der Waals surface area contributed by atoms with Crippen molar-refractivity contribution in [1.82, 2.24) is 0 Å². The first-order chi connectivity index (χ1) is 15.5. The summed E-state index contributed by atoms with van der Waals surface area (Å²) >= 11 is 6.63. The van der Waals surface area contributed by atoms with Gasteiger partial charge in [-0.3, -0.25) is 9.59 Å². The minimum absolute atomic E-state index is 0.104. The van der Waals surface area contributed by atoms with Crippen LogP contribution in [-0.4, -0.2) is 17.4 Å². The number of benzene rings is 3. The molecule has 1 fully saturated rings. The lowest BCUT2D eigenvalue weighted by atomic mass is 9.54. The molecule has 3 atom stereocenters. The lowest BCUT2D eigenvalue weighted by Crippen LogP contribution is -2.52. The molecule has 4 nitrogen and oxygen atoms in total. The number of anilines is 1. The van der Waals surface area contributed by atoms with Crippen molar-refractivity contribution in [1.29, 1.82) is 0 Å². The number of Topliss-reactive ketones (excluding diaryl/α,β-unsaturated/α-hetero) is 1. The van der Waals surface area contributed by atoms with Gasteiger partial charge in [-0.05, 0) is 36.2 Å². The minimum Gasteiger partial charge on any atom is -0.300 e. The van der Waals surface area contributed by atoms with Crippen molar-refractivity contribution in [3.8, 4) is 0 Å². The van der Waals surface area contributed by atoms with Crippen LogP contribution in [0, 0.1) is 5.41 Å². The predicted molar refractivity (Wildman–Crippen MR) is 127 cm³/mol. The third-order valence-electron chi connectivity index (χ3n) is 6.84. The SMILES string of the molecule is CC1=NN(c2ccccc2)C(=O)[C@]12[C@H](c1ccccc1)CC(=O)C[C@H]2c1ccccc1Cl. The molecule has 0 unspecified atom stereocenters. The Bertz CT molecular complexity index is 1210. The van der Waals surface area contributed by atoms with Gasteiger partial charge < -0.3 is 0 Å². The standard InChI is InChI=1S/C27H23ClN2O2/c1-18-27(26(32)30(29-18)20-12-6-3-7-13-20)23(19-10-4-2-5-11-19)16-21(31)17-24(27)22-14-8-9-15-25(22)28/h2-15,23-24H,16-17H2,1H3/t23-,24-,27-/m0/s1. The maximum absolute atomic E-state index is 14.3. The van der Waals surface area contributed by atoms with Gasteiger partial charge in [-0.1, -0.05) is 78.3 Å². The molecule has 5 heteroatoms. The van der Waals surface area contributed by atoms with Crippen LogP contribution in [0.3, 0.4) is 0 Å². The van der Waals surface area contributed by atoms with Crippen molar-refractivity contribution in [3.63, 3.8) is 0 Å². The fourth-order valence-electron chi connectivity index (χ4n) is 5.44. The van der Waals surface area contributed by atoms with Crippen LogP contribution in [0.1, 0.15) is 42.7 Å². The van der Waals surface area contributed by atoms with Gasteiger partial charge >= 0.3 is 0 Å². The van der Waals surface area contributed by atoms with E-state index in [0.717, 1.165) is 22.5 Å². The fourth-order valence-corrected chi connectivity index (χ4v) is 5.70. The quantitative estimate of drug-likeness (QED) is 0.501. The van der Waals surface area contributed by atoms with Crippen LogP contribution in [0.5, 0.6) is 0 Å². The Morgan fingerprint density at radius 2 is 1.44 bits per heavy atom. The molecule has 160 valence electrons. The van der Waals surface area contributed by atoms with Gasteiger partial charge in [-0.2, -0.15) is 10.1 Å². The second kappa shape index (κ2) is 8.03. The molecule has 0 aromatic heterocycles. The number of hydrogen-bond donors (Lipinski definition) is 0. The molecule has 1 saturated carbocycles. The molecule has 0 saturated heterocycles. The second-order valence-electron chi connectivity index (χ2n) is 8.49. The highest BCUT2D eigenvalue weighted by atomic mass is 35.5. The fraction of sp³-hybridized carbons (Fsp3) is 0.222. The molecular weight excluding hydrogens is 420 g/mol. The van der Waals surface area contributed by atoms with E-state index in [4.69, 9.17) is 16.7 Å². The molecule has 32 heavy (non-hydrogen) atoms. The first kappa shape index (κ1) is 20.7. The van der Waals surface area contributed by atoms with Crippen molar-refractivity contribution in [2.24, 2.45) is 10.5 Å². The van der Waals surface area contributed by atoms with Crippen LogP contribution in [0.15, 0.2) is 90.0 Å². The van der Waals surface area contributed by atoms with Crippen LogP contribution in [0.25, 0.3) is 0 Å². The molecule has 1 heterocycles. The van der Waals surface area contributed by atoms with Crippen molar-refractivity contribution >= 4 is 34.7 Å². The van der Waals surface area contributed by atoms with Crippen LogP contribution in [-0.2, 0) is 9.59 Å². The summed E-state index contributed by atoms with van der Waals surface area (Å²) in [7, 11) is 0. The zero-order chi connectivity index (χ0) is 22.3. The molecule has 3 aromatic carbocycles. The van der Waals surface area contributed by atoms with Crippen molar-refractivity contribution in [3.05, 3.63) is 101 Å². The average Bonchev–Trinajstić information content (AvgIpc) is 3.08. The van der Waals surface area contributed by atoms with Gasteiger partial charge in [-0.15, -0.1) is 0 Å². The summed E-state index contributed by atoms with van der Waals surface area (Å²) < 4.78 is 0. The molecule has 5 rings (SSSR count). The van der Waals surface area contributed by atoms with Gasteiger partial charge in [-0.25, -0.2) is 0 Å². The number of rotatable bonds is 3. The summed E-state index contributed by atoms with van der Waals surface area (Å²) in [5.74, 6) is -0.690. The molecule has 3 aromatic rings. The highest BCUT2D eigenvalue weighted by Gasteiger charge is 2.62. The molecule has 0 N–H and O–H groups in total. The van der Waals surface area contributed by atoms with E-state index in [9.17, 15) is 9.59 Å². The highest BCUT2D eigenvalue weighted by molar-refractivity contribution is 6.31. The molecule has 0 radical (unpaired) electrons. The van der Waals surface area contributed by atoms with Gasteiger partial charge in [0.25, 0.3) is 5.91 Å². The summed E-state index contributed by atoms with van der Waals surface area (Å²) in [6.45, 7) is 1.91. The summed E-state index contributed by atoms with van der Waals surface area (Å²) in [5, 5.41) is 6.84. The van der Waals surface area contributed by atoms with E-state index in [2.05, 4.69) is 0 Å². The van der Waals surface area contributed by atoms with Crippen molar-refractivity contribution < 1.29 is 9.59 Å². The van der Waals surface area contributed by atoms with Gasteiger partial charge in [0.2, 0.25) is 0 Å². The summed E-state index contributed by atoms with van der Waals surface area (Å²) in [4.78, 5) is 27.4. The Hall–Kier alpha value is -3.24. The van der Waals surface area contributed by atoms with Gasteiger partial charge in [0.15, 0.2) is 0 Å². The van der Waals surface area contributed by atoms with E-state index in [1.54, 1.807) is 0 Å². The first-order valence-corrected chi connectivity index (χ1v) is 11.2. The number of halogens is 1. The highest BCUT2D eigenvalue weighted by Crippen LogP contribution is 2.59. The zero-order valence-corrected chi connectivity index (χ0v) is 18.5. The molecule has 1 spiro atoms. The van der Waals surface area contributed by atoms with Crippen LogP contribution >= 0.6 is 11.6 Å². The van der Waals surface area contributed by atoms with E-state index in [1.165, 1.54) is 5.01 Å². The number of para-hydroxylation sites is 1. The lowest BCUT2D eigenvalue weighted by molar-refractivity contribution is -0.131. The Labute approximate surface area is 192 Å². The number of amides is 1. The lowest BCUT2D eigenvalue weighted by Gasteiger charge is -2.46. The van der Waals surface area contributed by atoms with Gasteiger partial charge in [0.1, 0.15) is 11.2 Å². The normalized spacial score (nSPS) is 25.3. The maximum Gasteiger partial charge on any atom is 0.260 e. The van der Waals surface area contributed by atoms with Crippen LogP contribution < -0.4 is 5.01 Å². The minimum atomic E-state index is -0.990. The third-order valence-corrected chi connectivity index (χ3v) is 7.19. The predicted octanol–water partition coefficient (Wildman–Crippen LogP) is 5.98. The number of nitrogens with zero attached hydrogens (tertiary/aromatic N) is 2. The largest absolute Gasteiger partial charge is 0.300 e. The smallest absolute Gasteiger partial charge is 0.260 e. The molecule has 1 aliphatic heterocycles. The average molecular weight is 443 g/mol. The monoisotopic (exact) mass is 442 g/mol. The van der Waals surface area contributed by atoms with E-state index in [1.807, 2.05) is 91.9 Å². The topological polar surface area (TPSA) is 49.7 Å². The van der Waals surface area contributed by atoms with E-state index in [0.29, 0.717) is 11.4 Å². The number of hydrazone groups is 1. The number of ketones is 1. The van der Waals surface area contributed by atoms with E-state index in [-0.39, 0.29) is 24.0 Å². The number of carbonyl (C=O) groups is 2. The first-order valence-electron chi connectivity index (χ1n) is 10.8. The van der Waals surface area contributed by atoms with Gasteiger partial charge in [0.05, 0.1) is 11.4 Å². The molecule has 1 amide bonds. The Balaban J connectivity index is 1.75.